The van der Waals surface area contributed by atoms with E-state index in [-0.39, 0.29) is 0 Å². The summed E-state index contributed by atoms with van der Waals surface area (Å²) < 4.78 is 0. The second-order valence-corrected chi connectivity index (χ2v) is 1.84. The molecule has 0 rings (SSSR count). The van der Waals surface area contributed by atoms with E-state index in [0.29, 0.717) is 0 Å². The third-order valence-electron chi connectivity index (χ3n) is 0.872. The Balaban J connectivity index is 4.14. The summed E-state index contributed by atoms with van der Waals surface area (Å²) in [4.78, 5) is 3.98. The van der Waals surface area contributed by atoms with Gasteiger partial charge in [-0.1, -0.05) is 0 Å². The van der Waals surface area contributed by atoms with Gasteiger partial charge in [-0.2, -0.15) is 0 Å². The van der Waals surface area contributed by atoms with Crippen molar-refractivity contribution in [1.29, 1.82) is 0 Å². The maximum absolute atomic E-state index is 5.05. The molecule has 0 bridgehead atoms. The van der Waals surface area contributed by atoms with Gasteiger partial charge in [0, 0.05) is 0 Å². The van der Waals surface area contributed by atoms with Gasteiger partial charge >= 0.3 is 0 Å². The average molecular weight is 136 g/mol. The van der Waals surface area contributed by atoms with Gasteiger partial charge in [-0.15, -0.1) is 0 Å². The molecule has 0 aliphatic carbocycles. The monoisotopic (exact) mass is 136 g/mol. The van der Waals surface area contributed by atoms with Crippen LogP contribution in [0.15, 0.2) is 0 Å². The summed E-state index contributed by atoms with van der Waals surface area (Å²) in [5, 5.41) is 0. The second kappa shape index (κ2) is 2.15. The Labute approximate surface area is 52.2 Å². The Morgan fingerprint density at radius 1 is 0.889 bits per heavy atom. The summed E-state index contributed by atoms with van der Waals surface area (Å²) in [5.74, 6) is 0.847. The minimum atomic E-state index is -1.91. The van der Waals surface area contributed by atoms with Crippen LogP contribution in [-0.4, -0.2) is 11.6 Å². The molecule has 0 amide bonds. The lowest BCUT2D eigenvalue weighted by Crippen LogP contribution is -2.82. The van der Waals surface area contributed by atoms with Gasteiger partial charge in [0.15, 0.2) is 5.79 Å². The molecule has 0 aliphatic heterocycles. The fourth-order valence-corrected chi connectivity index (χ4v) is 0.102. The van der Waals surface area contributed by atoms with Crippen molar-refractivity contribution in [1.82, 2.24) is 0 Å². The van der Waals surface area contributed by atoms with E-state index in [9.17, 15) is 0 Å². The van der Waals surface area contributed by atoms with Crippen molar-refractivity contribution in [3.63, 3.8) is 0 Å². The predicted molar refractivity (Wildman–Crippen MR) is 31.7 cm³/mol. The first-order valence-electron chi connectivity index (χ1n) is 2.13. The van der Waals surface area contributed by atoms with Crippen LogP contribution in [0.2, 0.25) is 0 Å². The first-order chi connectivity index (χ1) is 3.81. The molecular formula is C2H12N6O. The Kier molecular flexibility index (Phi) is 2.09. The van der Waals surface area contributed by atoms with Crippen LogP contribution in [0.1, 0.15) is 0 Å². The molecule has 0 spiro atoms. The SMILES string of the molecule is NOC(N)(N)C(N)(N)N. The van der Waals surface area contributed by atoms with E-state index in [1.165, 1.54) is 0 Å². The molecule has 7 heteroatoms. The van der Waals surface area contributed by atoms with Crippen molar-refractivity contribution >= 4 is 0 Å². The molecule has 0 aromatic rings. The predicted octanol–water partition coefficient (Wildman–Crippen LogP) is -4.02. The Bertz CT molecular complexity index is 93.7. The molecule has 0 unspecified atom stereocenters. The zero-order valence-corrected chi connectivity index (χ0v) is 4.87. The largest absolute Gasteiger partial charge is 0.296 e. The summed E-state index contributed by atoms with van der Waals surface area (Å²) in [6, 6.07) is 0. The minimum Gasteiger partial charge on any atom is -0.296 e. The van der Waals surface area contributed by atoms with Gasteiger partial charge in [-0.05, 0) is 0 Å². The summed E-state index contributed by atoms with van der Waals surface area (Å²) >= 11 is 0. The molecule has 0 aromatic carbocycles. The average Bonchev–Trinajstić information content (AvgIpc) is 1.64. The highest BCUT2D eigenvalue weighted by Gasteiger charge is 2.37. The zero-order valence-electron chi connectivity index (χ0n) is 4.87. The van der Waals surface area contributed by atoms with Crippen molar-refractivity contribution in [2.45, 2.75) is 11.6 Å². The molecule has 0 aromatic heterocycles. The fraction of sp³-hybridized carbons (Fsp3) is 1.00. The molecule has 0 atom stereocenters. The molecule has 7 nitrogen and oxygen atoms in total. The summed E-state index contributed by atoms with van der Waals surface area (Å²) in [7, 11) is 0. The topological polar surface area (TPSA) is 165 Å². The Hall–Kier alpha value is -0.280. The molecule has 0 saturated carbocycles. The number of nitrogens with two attached hydrogens (primary N) is 6. The lowest BCUT2D eigenvalue weighted by Gasteiger charge is -2.33. The maximum atomic E-state index is 5.05. The van der Waals surface area contributed by atoms with E-state index in [1.54, 1.807) is 0 Å². The van der Waals surface area contributed by atoms with E-state index < -0.39 is 11.6 Å². The Morgan fingerprint density at radius 2 is 1.22 bits per heavy atom. The first-order valence-corrected chi connectivity index (χ1v) is 2.13. The van der Waals surface area contributed by atoms with Crippen molar-refractivity contribution in [2.75, 3.05) is 0 Å². The van der Waals surface area contributed by atoms with Gasteiger partial charge in [-0.25, -0.2) is 5.90 Å². The van der Waals surface area contributed by atoms with Crippen molar-refractivity contribution in [3.8, 4) is 0 Å². The standard InChI is InChI=1S/C2H12N6O/c3-1(4,5)2(6,7)9-8/h3-8H2. The van der Waals surface area contributed by atoms with E-state index in [1.807, 2.05) is 0 Å². The van der Waals surface area contributed by atoms with Crippen LogP contribution < -0.4 is 34.6 Å². The van der Waals surface area contributed by atoms with Crippen LogP contribution in [0.5, 0.6) is 0 Å². The van der Waals surface area contributed by atoms with Crippen LogP contribution >= 0.6 is 0 Å². The van der Waals surface area contributed by atoms with Crippen LogP contribution in [0.4, 0.5) is 0 Å². The van der Waals surface area contributed by atoms with Crippen LogP contribution in [0.25, 0.3) is 0 Å². The lowest BCUT2D eigenvalue weighted by atomic mass is 10.3. The maximum Gasteiger partial charge on any atom is 0.233 e. The van der Waals surface area contributed by atoms with Gasteiger partial charge in [-0.3, -0.25) is 33.5 Å². The number of hydrogen-bond donors (Lipinski definition) is 6. The molecule has 0 fully saturated rings. The highest BCUT2D eigenvalue weighted by Crippen LogP contribution is 1.95. The Morgan fingerprint density at radius 3 is 1.22 bits per heavy atom. The fourth-order valence-electron chi connectivity index (χ4n) is 0.102. The third kappa shape index (κ3) is 1.84. The molecule has 0 heterocycles. The van der Waals surface area contributed by atoms with Gasteiger partial charge in [0.05, 0.1) is 0 Å². The van der Waals surface area contributed by atoms with E-state index in [2.05, 4.69) is 10.7 Å². The highest BCUT2D eigenvalue weighted by atomic mass is 16.7. The highest BCUT2D eigenvalue weighted by molar-refractivity contribution is 4.85. The molecule has 56 valence electrons. The number of rotatable bonds is 2. The first kappa shape index (κ1) is 8.72. The van der Waals surface area contributed by atoms with Crippen molar-refractivity contribution in [3.05, 3.63) is 0 Å². The summed E-state index contributed by atoms with van der Waals surface area (Å²) in [5.41, 5.74) is 25.2. The van der Waals surface area contributed by atoms with Gasteiger partial charge < -0.3 is 0 Å². The quantitative estimate of drug-likeness (QED) is 0.166. The third-order valence-corrected chi connectivity index (χ3v) is 0.872. The lowest BCUT2D eigenvalue weighted by molar-refractivity contribution is -0.0914. The van der Waals surface area contributed by atoms with Crippen molar-refractivity contribution < 1.29 is 4.84 Å². The van der Waals surface area contributed by atoms with Crippen LogP contribution in [0, 0.1) is 0 Å². The van der Waals surface area contributed by atoms with Gasteiger partial charge in [0.25, 0.3) is 0 Å². The summed E-state index contributed by atoms with van der Waals surface area (Å²) in [6.07, 6.45) is 0. The van der Waals surface area contributed by atoms with Crippen molar-refractivity contribution in [2.24, 2.45) is 34.6 Å². The minimum absolute atomic E-state index is 1.85. The molecule has 9 heavy (non-hydrogen) atoms. The molecular weight excluding hydrogens is 124 g/mol. The van der Waals surface area contributed by atoms with Gasteiger partial charge in [0.1, 0.15) is 0 Å². The molecule has 12 N–H and O–H groups in total. The smallest absolute Gasteiger partial charge is 0.233 e. The van der Waals surface area contributed by atoms with Crippen LogP contribution in [0.3, 0.4) is 0 Å². The van der Waals surface area contributed by atoms with E-state index >= 15 is 0 Å². The number of hydrogen-bond acceptors (Lipinski definition) is 7. The van der Waals surface area contributed by atoms with Crippen LogP contribution in [-0.2, 0) is 4.84 Å². The van der Waals surface area contributed by atoms with E-state index in [4.69, 9.17) is 28.7 Å². The molecule has 0 radical (unpaired) electrons. The molecule has 0 aliphatic rings. The molecule has 0 saturated heterocycles. The summed E-state index contributed by atoms with van der Waals surface area (Å²) in [6.45, 7) is 0. The zero-order chi connectivity index (χ0) is 7.71. The normalized spacial score (nSPS) is 14.0. The van der Waals surface area contributed by atoms with Gasteiger partial charge in [0.2, 0.25) is 5.85 Å². The van der Waals surface area contributed by atoms with E-state index in [0.717, 1.165) is 0 Å². The second-order valence-electron chi connectivity index (χ2n) is 1.84.